The Kier molecular flexibility index (Phi) is 5.47. The van der Waals surface area contributed by atoms with E-state index in [0.717, 1.165) is 16.7 Å². The standard InChI is InChI=1S/C17H17F2NO2/c1-12-7-8-13(2)15(9-12)11-21-20-10-14-5-3-4-6-16(14)22-17(18)19/h3-10,17H,11H2,1-2H3. The summed E-state index contributed by atoms with van der Waals surface area (Å²) in [5.74, 6) is 0.0663. The molecule has 0 unspecified atom stereocenters. The Bertz CT molecular complexity index is 657. The molecule has 0 spiro atoms. The maximum absolute atomic E-state index is 12.3. The molecule has 0 aliphatic heterocycles. The lowest BCUT2D eigenvalue weighted by Crippen LogP contribution is -2.04. The fraction of sp³-hybridized carbons (Fsp3) is 0.235. The smallest absolute Gasteiger partial charge is 0.387 e. The minimum absolute atomic E-state index is 0.0663. The molecule has 2 aromatic rings. The predicted molar refractivity (Wildman–Crippen MR) is 81.4 cm³/mol. The van der Waals surface area contributed by atoms with Crippen molar-refractivity contribution in [3.8, 4) is 5.75 Å². The summed E-state index contributed by atoms with van der Waals surface area (Å²) >= 11 is 0. The SMILES string of the molecule is Cc1ccc(C)c(CON=Cc2ccccc2OC(F)F)c1. The average Bonchev–Trinajstić information content (AvgIpc) is 2.48. The normalized spacial score (nSPS) is 11.1. The number of halogens is 2. The molecule has 0 heterocycles. The summed E-state index contributed by atoms with van der Waals surface area (Å²) in [7, 11) is 0. The zero-order chi connectivity index (χ0) is 15.9. The van der Waals surface area contributed by atoms with E-state index in [2.05, 4.69) is 9.89 Å². The number of para-hydroxylation sites is 1. The van der Waals surface area contributed by atoms with Crippen LogP contribution in [-0.4, -0.2) is 12.8 Å². The van der Waals surface area contributed by atoms with Crippen molar-refractivity contribution >= 4 is 6.21 Å². The molecule has 0 N–H and O–H groups in total. The molecule has 0 bridgehead atoms. The molecule has 0 fully saturated rings. The summed E-state index contributed by atoms with van der Waals surface area (Å²) in [6, 6.07) is 12.5. The van der Waals surface area contributed by atoms with Gasteiger partial charge in [-0.15, -0.1) is 0 Å². The molecule has 0 aromatic heterocycles. The van der Waals surface area contributed by atoms with Crippen LogP contribution in [0.4, 0.5) is 8.78 Å². The van der Waals surface area contributed by atoms with E-state index in [1.165, 1.54) is 12.3 Å². The van der Waals surface area contributed by atoms with Crippen LogP contribution >= 0.6 is 0 Å². The van der Waals surface area contributed by atoms with E-state index in [0.29, 0.717) is 12.2 Å². The topological polar surface area (TPSA) is 30.8 Å². The minimum atomic E-state index is -2.87. The second-order valence-corrected chi connectivity index (χ2v) is 4.85. The lowest BCUT2D eigenvalue weighted by molar-refractivity contribution is -0.0499. The predicted octanol–water partition coefficient (Wildman–Crippen LogP) is 4.46. The first-order chi connectivity index (χ1) is 10.6. The van der Waals surface area contributed by atoms with E-state index in [9.17, 15) is 8.78 Å². The van der Waals surface area contributed by atoms with E-state index >= 15 is 0 Å². The van der Waals surface area contributed by atoms with Gasteiger partial charge in [-0.05, 0) is 37.1 Å². The first kappa shape index (κ1) is 15.9. The van der Waals surface area contributed by atoms with Crippen molar-refractivity contribution < 1.29 is 18.4 Å². The number of hydrogen-bond acceptors (Lipinski definition) is 3. The number of alkyl halides is 2. The van der Waals surface area contributed by atoms with E-state index in [1.54, 1.807) is 18.2 Å². The van der Waals surface area contributed by atoms with Crippen LogP contribution in [0.15, 0.2) is 47.6 Å². The van der Waals surface area contributed by atoms with Crippen molar-refractivity contribution in [2.75, 3.05) is 0 Å². The molecule has 0 saturated heterocycles. The van der Waals surface area contributed by atoms with Crippen molar-refractivity contribution in [3.05, 3.63) is 64.7 Å². The highest BCUT2D eigenvalue weighted by Gasteiger charge is 2.07. The quantitative estimate of drug-likeness (QED) is 0.583. The average molecular weight is 305 g/mol. The van der Waals surface area contributed by atoms with Crippen LogP contribution < -0.4 is 4.74 Å². The summed E-state index contributed by atoms with van der Waals surface area (Å²) in [6.45, 7) is 1.45. The van der Waals surface area contributed by atoms with Crippen LogP contribution in [0.25, 0.3) is 0 Å². The molecular formula is C17H17F2NO2. The van der Waals surface area contributed by atoms with Gasteiger partial charge >= 0.3 is 6.61 Å². The third-order valence-electron chi connectivity index (χ3n) is 3.13. The Morgan fingerprint density at radius 3 is 2.68 bits per heavy atom. The molecule has 5 heteroatoms. The number of aryl methyl sites for hydroxylation is 2. The highest BCUT2D eigenvalue weighted by Crippen LogP contribution is 2.18. The number of hydrogen-bond donors (Lipinski definition) is 0. The van der Waals surface area contributed by atoms with Gasteiger partial charge in [0.15, 0.2) is 0 Å². The zero-order valence-corrected chi connectivity index (χ0v) is 12.4. The molecule has 0 atom stereocenters. The highest BCUT2D eigenvalue weighted by atomic mass is 19.3. The fourth-order valence-electron chi connectivity index (χ4n) is 1.95. The molecule has 3 nitrogen and oxygen atoms in total. The summed E-state index contributed by atoms with van der Waals surface area (Å²) in [5, 5.41) is 3.83. The van der Waals surface area contributed by atoms with Crippen LogP contribution in [0, 0.1) is 13.8 Å². The zero-order valence-electron chi connectivity index (χ0n) is 12.4. The van der Waals surface area contributed by atoms with Crippen LogP contribution in [0.2, 0.25) is 0 Å². The van der Waals surface area contributed by atoms with Gasteiger partial charge in [0.25, 0.3) is 0 Å². The molecule has 0 aliphatic carbocycles. The van der Waals surface area contributed by atoms with Gasteiger partial charge in [0.1, 0.15) is 12.4 Å². The Hall–Kier alpha value is -2.43. The monoisotopic (exact) mass is 305 g/mol. The van der Waals surface area contributed by atoms with Crippen LogP contribution in [0.1, 0.15) is 22.3 Å². The molecule has 0 saturated carbocycles. The van der Waals surface area contributed by atoms with Crippen molar-refractivity contribution in [1.82, 2.24) is 0 Å². The van der Waals surface area contributed by atoms with Crippen LogP contribution in [0.3, 0.4) is 0 Å². The number of rotatable bonds is 6. The van der Waals surface area contributed by atoms with Gasteiger partial charge in [0.2, 0.25) is 0 Å². The molecule has 2 aromatic carbocycles. The summed E-state index contributed by atoms with van der Waals surface area (Å²) in [4.78, 5) is 5.25. The number of oxime groups is 1. The lowest BCUT2D eigenvalue weighted by atomic mass is 10.1. The largest absolute Gasteiger partial charge is 0.434 e. The number of benzene rings is 2. The Labute approximate surface area is 128 Å². The van der Waals surface area contributed by atoms with Gasteiger partial charge in [-0.25, -0.2) is 0 Å². The van der Waals surface area contributed by atoms with Crippen LogP contribution in [0.5, 0.6) is 5.75 Å². The summed E-state index contributed by atoms with van der Waals surface area (Å²) in [6.07, 6.45) is 1.36. The van der Waals surface area contributed by atoms with E-state index in [1.807, 2.05) is 32.0 Å². The first-order valence-corrected chi connectivity index (χ1v) is 6.81. The summed E-state index contributed by atoms with van der Waals surface area (Å²) in [5.41, 5.74) is 3.73. The minimum Gasteiger partial charge on any atom is -0.434 e. The van der Waals surface area contributed by atoms with Gasteiger partial charge in [0, 0.05) is 5.56 Å². The van der Waals surface area contributed by atoms with Gasteiger partial charge < -0.3 is 9.57 Å². The molecule has 2 rings (SSSR count). The summed E-state index contributed by atoms with van der Waals surface area (Å²) < 4.78 is 29.0. The number of ether oxygens (including phenoxy) is 1. The van der Waals surface area contributed by atoms with Crippen molar-refractivity contribution in [2.24, 2.45) is 5.16 Å². The van der Waals surface area contributed by atoms with Gasteiger partial charge in [-0.3, -0.25) is 0 Å². The van der Waals surface area contributed by atoms with Gasteiger partial charge in [-0.1, -0.05) is 41.1 Å². The van der Waals surface area contributed by atoms with Crippen molar-refractivity contribution in [2.45, 2.75) is 27.1 Å². The molecular weight excluding hydrogens is 288 g/mol. The first-order valence-electron chi connectivity index (χ1n) is 6.81. The Morgan fingerprint density at radius 2 is 1.91 bits per heavy atom. The molecule has 22 heavy (non-hydrogen) atoms. The maximum atomic E-state index is 12.3. The molecule has 0 radical (unpaired) electrons. The van der Waals surface area contributed by atoms with E-state index in [-0.39, 0.29) is 5.75 Å². The molecule has 0 amide bonds. The van der Waals surface area contributed by atoms with E-state index < -0.39 is 6.61 Å². The Morgan fingerprint density at radius 1 is 1.14 bits per heavy atom. The van der Waals surface area contributed by atoms with Crippen molar-refractivity contribution in [3.63, 3.8) is 0 Å². The van der Waals surface area contributed by atoms with E-state index in [4.69, 9.17) is 4.84 Å². The highest BCUT2D eigenvalue weighted by molar-refractivity contribution is 5.83. The lowest BCUT2D eigenvalue weighted by Gasteiger charge is -2.07. The second kappa shape index (κ2) is 7.54. The molecule has 116 valence electrons. The van der Waals surface area contributed by atoms with Crippen molar-refractivity contribution in [1.29, 1.82) is 0 Å². The second-order valence-electron chi connectivity index (χ2n) is 4.85. The van der Waals surface area contributed by atoms with Gasteiger partial charge in [0.05, 0.1) is 6.21 Å². The van der Waals surface area contributed by atoms with Gasteiger partial charge in [-0.2, -0.15) is 8.78 Å². The molecule has 0 aliphatic rings. The number of nitrogens with zero attached hydrogens (tertiary/aromatic N) is 1. The third kappa shape index (κ3) is 4.55. The fourth-order valence-corrected chi connectivity index (χ4v) is 1.95. The Balaban J connectivity index is 2.00. The third-order valence-corrected chi connectivity index (χ3v) is 3.13. The van der Waals surface area contributed by atoms with Crippen LogP contribution in [-0.2, 0) is 11.4 Å². The maximum Gasteiger partial charge on any atom is 0.387 e.